The summed E-state index contributed by atoms with van der Waals surface area (Å²) in [5, 5.41) is 5.16. The molecule has 0 fully saturated rings. The lowest BCUT2D eigenvalue weighted by molar-refractivity contribution is 0.0497. The first kappa shape index (κ1) is 25.2. The van der Waals surface area contributed by atoms with E-state index in [0.29, 0.717) is 17.9 Å². The van der Waals surface area contributed by atoms with Crippen molar-refractivity contribution >= 4 is 33.5 Å². The number of ether oxygens (including phenoxy) is 1. The zero-order valence-corrected chi connectivity index (χ0v) is 19.5. The molecule has 0 aliphatic rings. The summed E-state index contributed by atoms with van der Waals surface area (Å²) >= 11 is 6.25. The fourth-order valence-electron chi connectivity index (χ4n) is 3.16. The molecule has 0 atom stereocenters. The molecule has 1 heterocycles. The highest BCUT2D eigenvalue weighted by Crippen LogP contribution is 2.24. The smallest absolute Gasteiger partial charge is 0.338 e. The van der Waals surface area contributed by atoms with Gasteiger partial charge in [-0.05, 0) is 36.8 Å². The number of unbranched alkanes of at least 4 members (excludes halogenated alkanes) is 7. The van der Waals surface area contributed by atoms with Crippen LogP contribution < -0.4 is 9.56 Å². The third kappa shape index (κ3) is 8.55. The first-order chi connectivity index (χ1) is 14.8. The average Bonchev–Trinajstić information content (AvgIpc) is 3.21. The molecule has 172 valence electrons. The van der Waals surface area contributed by atoms with E-state index in [1.165, 1.54) is 55.3 Å². The number of halogens is 1. The molecule has 1 aromatic heterocycles. The van der Waals surface area contributed by atoms with E-state index >= 15 is 0 Å². The highest BCUT2D eigenvalue weighted by molar-refractivity contribution is 7.89. The minimum absolute atomic E-state index is 0.0114. The van der Waals surface area contributed by atoms with Crippen molar-refractivity contribution in [2.75, 3.05) is 11.0 Å². The predicted molar refractivity (Wildman–Crippen MR) is 121 cm³/mol. The van der Waals surface area contributed by atoms with Gasteiger partial charge in [-0.15, -0.1) is 0 Å². The Hall–Kier alpha value is -2.03. The van der Waals surface area contributed by atoms with Crippen LogP contribution in [0.2, 0.25) is 0 Å². The zero-order chi connectivity index (χ0) is 22.7. The quantitative estimate of drug-likeness (QED) is 0.226. The van der Waals surface area contributed by atoms with Crippen LogP contribution in [0, 0.1) is 0 Å². The molecule has 0 unspecified atom stereocenters. The van der Waals surface area contributed by atoms with Gasteiger partial charge in [0.15, 0.2) is 0 Å². The van der Waals surface area contributed by atoms with Crippen molar-refractivity contribution in [3.8, 4) is 0 Å². The summed E-state index contributed by atoms with van der Waals surface area (Å²) in [6.07, 6.45) is 10.7. The highest BCUT2D eigenvalue weighted by atomic mass is 35.5. The summed E-state index contributed by atoms with van der Waals surface area (Å²) in [6.45, 7) is 2.61. The third-order valence-corrected chi connectivity index (χ3v) is 6.20. The fourth-order valence-corrected chi connectivity index (χ4v) is 4.05. The number of sulfonamides is 1. The number of benzene rings is 1. The van der Waals surface area contributed by atoms with E-state index in [9.17, 15) is 13.2 Å². The third-order valence-electron chi connectivity index (χ3n) is 4.91. The van der Waals surface area contributed by atoms with Gasteiger partial charge in [0, 0.05) is 11.8 Å². The SMILES string of the molecule is CCCCCCCCCCOC(=O)c1ccc(N(Cl)Cc2occc2S(N)(=O)=O)cc1. The molecular formula is C22H31ClN2O5S. The average molecular weight is 471 g/mol. The molecule has 7 nitrogen and oxygen atoms in total. The van der Waals surface area contributed by atoms with Crippen molar-refractivity contribution in [3.63, 3.8) is 0 Å². The Bertz CT molecular complexity index is 912. The molecular weight excluding hydrogens is 440 g/mol. The summed E-state index contributed by atoms with van der Waals surface area (Å²) in [4.78, 5) is 12.1. The zero-order valence-electron chi connectivity index (χ0n) is 17.9. The summed E-state index contributed by atoms with van der Waals surface area (Å²) in [5.74, 6) is -0.246. The Morgan fingerprint density at radius 1 is 1.03 bits per heavy atom. The maximum Gasteiger partial charge on any atom is 0.338 e. The molecule has 0 spiro atoms. The fraction of sp³-hybridized carbons (Fsp3) is 0.500. The van der Waals surface area contributed by atoms with Crippen LogP contribution in [-0.4, -0.2) is 21.0 Å². The molecule has 2 N–H and O–H groups in total. The maximum atomic E-state index is 12.2. The van der Waals surface area contributed by atoms with Crippen LogP contribution in [0.3, 0.4) is 0 Å². The molecule has 31 heavy (non-hydrogen) atoms. The number of anilines is 1. The van der Waals surface area contributed by atoms with Crippen LogP contribution in [0.1, 0.15) is 74.4 Å². The van der Waals surface area contributed by atoms with E-state index in [0.717, 1.165) is 12.8 Å². The van der Waals surface area contributed by atoms with Crippen molar-refractivity contribution in [2.24, 2.45) is 5.14 Å². The van der Waals surface area contributed by atoms with E-state index in [1.54, 1.807) is 24.3 Å². The van der Waals surface area contributed by atoms with Crippen molar-refractivity contribution in [3.05, 3.63) is 47.9 Å². The molecule has 9 heteroatoms. The van der Waals surface area contributed by atoms with Crippen LogP contribution in [0.15, 0.2) is 45.9 Å². The molecule has 0 saturated carbocycles. The Labute approximate surface area is 189 Å². The van der Waals surface area contributed by atoms with Crippen LogP contribution in [0.5, 0.6) is 0 Å². The Morgan fingerprint density at radius 2 is 1.65 bits per heavy atom. The van der Waals surface area contributed by atoms with Gasteiger partial charge >= 0.3 is 5.97 Å². The van der Waals surface area contributed by atoms with Crippen LogP contribution in [-0.2, 0) is 21.3 Å². The largest absolute Gasteiger partial charge is 0.466 e. The number of rotatable bonds is 14. The number of carbonyl (C=O) groups is 1. The number of nitrogens with two attached hydrogens (primary N) is 1. The van der Waals surface area contributed by atoms with Crippen molar-refractivity contribution < 1.29 is 22.4 Å². The van der Waals surface area contributed by atoms with Gasteiger partial charge in [-0.3, -0.25) is 4.42 Å². The lowest BCUT2D eigenvalue weighted by Gasteiger charge is -2.15. The molecule has 0 amide bonds. The van der Waals surface area contributed by atoms with Gasteiger partial charge in [0.1, 0.15) is 10.7 Å². The summed E-state index contributed by atoms with van der Waals surface area (Å²) < 4.78 is 34.9. The van der Waals surface area contributed by atoms with Crippen LogP contribution in [0.25, 0.3) is 0 Å². The molecule has 0 aliphatic heterocycles. The minimum Gasteiger partial charge on any atom is -0.466 e. The number of carbonyl (C=O) groups excluding carboxylic acids is 1. The lowest BCUT2D eigenvalue weighted by Crippen LogP contribution is -2.16. The summed E-state index contributed by atoms with van der Waals surface area (Å²) in [6, 6.07) is 7.81. The number of hydrogen-bond donors (Lipinski definition) is 1. The second-order valence-electron chi connectivity index (χ2n) is 7.43. The normalized spacial score (nSPS) is 11.5. The van der Waals surface area contributed by atoms with Gasteiger partial charge in [-0.25, -0.2) is 18.4 Å². The van der Waals surface area contributed by atoms with Crippen molar-refractivity contribution in [2.45, 2.75) is 69.7 Å². The van der Waals surface area contributed by atoms with Gasteiger partial charge < -0.3 is 9.15 Å². The monoisotopic (exact) mass is 470 g/mol. The summed E-state index contributed by atoms with van der Waals surface area (Å²) in [7, 11) is -3.90. The Kier molecular flexibility index (Phi) is 10.4. The Balaban J connectivity index is 1.76. The number of nitrogens with zero attached hydrogens (tertiary/aromatic N) is 1. The maximum absolute atomic E-state index is 12.2. The topological polar surface area (TPSA) is 103 Å². The standard InChI is InChI=1S/C22H31ClN2O5S/c1-2-3-4-5-6-7-8-9-15-30-22(26)18-10-12-19(13-11-18)25(23)17-20-21(14-16-29-20)31(24,27)28/h10-14,16H,2-9,15,17H2,1H3,(H2,24,27,28). The van der Waals surface area contributed by atoms with E-state index in [-0.39, 0.29) is 23.2 Å². The van der Waals surface area contributed by atoms with Crippen LogP contribution in [0.4, 0.5) is 5.69 Å². The Morgan fingerprint density at radius 3 is 2.26 bits per heavy atom. The number of esters is 1. The molecule has 2 aromatic rings. The van der Waals surface area contributed by atoms with Crippen LogP contribution >= 0.6 is 11.8 Å². The molecule has 0 saturated heterocycles. The summed E-state index contributed by atoms with van der Waals surface area (Å²) in [5.41, 5.74) is 0.995. The van der Waals surface area contributed by atoms with E-state index in [1.807, 2.05) is 0 Å². The van der Waals surface area contributed by atoms with E-state index < -0.39 is 10.0 Å². The van der Waals surface area contributed by atoms with Gasteiger partial charge in [0.2, 0.25) is 10.0 Å². The predicted octanol–water partition coefficient (Wildman–Crippen LogP) is 5.38. The van der Waals surface area contributed by atoms with E-state index in [2.05, 4.69) is 6.92 Å². The molecule has 0 radical (unpaired) electrons. The minimum atomic E-state index is -3.90. The molecule has 0 aliphatic carbocycles. The van der Waals surface area contributed by atoms with Gasteiger partial charge in [-0.1, -0.05) is 51.9 Å². The molecule has 0 bridgehead atoms. The first-order valence-corrected chi connectivity index (χ1v) is 12.5. The van der Waals surface area contributed by atoms with Gasteiger partial charge in [0.05, 0.1) is 30.7 Å². The number of primary sulfonamides is 1. The first-order valence-electron chi connectivity index (χ1n) is 10.6. The van der Waals surface area contributed by atoms with Gasteiger partial charge in [0.25, 0.3) is 0 Å². The van der Waals surface area contributed by atoms with Crippen molar-refractivity contribution in [1.82, 2.24) is 0 Å². The van der Waals surface area contributed by atoms with Gasteiger partial charge in [-0.2, -0.15) is 0 Å². The number of hydrogen-bond acceptors (Lipinski definition) is 6. The molecule has 1 aromatic carbocycles. The molecule has 2 rings (SSSR count). The second-order valence-corrected chi connectivity index (χ2v) is 9.37. The van der Waals surface area contributed by atoms with E-state index in [4.69, 9.17) is 26.1 Å². The number of furan rings is 1. The second kappa shape index (κ2) is 12.7. The highest BCUT2D eigenvalue weighted by Gasteiger charge is 2.19. The van der Waals surface area contributed by atoms with Crippen molar-refractivity contribution in [1.29, 1.82) is 0 Å². The lowest BCUT2D eigenvalue weighted by atomic mass is 10.1.